The number of nitrogens with zero attached hydrogens (tertiary/aromatic N) is 4. The van der Waals surface area contributed by atoms with Gasteiger partial charge in [0.15, 0.2) is 5.96 Å². The number of aryl methyl sites for hydroxylation is 1. The summed E-state index contributed by atoms with van der Waals surface area (Å²) in [6, 6.07) is 2.31. The lowest BCUT2D eigenvalue weighted by Gasteiger charge is -2.20. The highest BCUT2D eigenvalue weighted by atomic mass is 19.4. The second-order valence-electron chi connectivity index (χ2n) is 7.01. The van der Waals surface area contributed by atoms with Crippen LogP contribution in [0.15, 0.2) is 35.7 Å². The zero-order valence-corrected chi connectivity index (χ0v) is 17.3. The van der Waals surface area contributed by atoms with Crippen LogP contribution in [0.5, 0.6) is 0 Å². The first kappa shape index (κ1) is 23.5. The van der Waals surface area contributed by atoms with Crippen molar-refractivity contribution in [2.24, 2.45) is 12.0 Å². The number of nitrogens with one attached hydrogen (secondary N) is 3. The average Bonchev–Trinajstić information content (AvgIpc) is 3.13. The van der Waals surface area contributed by atoms with Gasteiger partial charge in [0.1, 0.15) is 11.4 Å². The Morgan fingerprint density at radius 2 is 1.93 bits per heavy atom. The van der Waals surface area contributed by atoms with Crippen molar-refractivity contribution in [2.75, 3.05) is 31.5 Å². The van der Waals surface area contributed by atoms with Crippen LogP contribution < -0.4 is 16.0 Å². The maximum absolute atomic E-state index is 12.5. The predicted molar refractivity (Wildman–Crippen MR) is 109 cm³/mol. The van der Waals surface area contributed by atoms with Crippen molar-refractivity contribution in [2.45, 2.75) is 32.0 Å². The van der Waals surface area contributed by atoms with E-state index in [1.807, 2.05) is 6.92 Å². The summed E-state index contributed by atoms with van der Waals surface area (Å²) in [4.78, 5) is 8.20. The van der Waals surface area contributed by atoms with Crippen LogP contribution >= 0.6 is 0 Å². The van der Waals surface area contributed by atoms with Gasteiger partial charge in [-0.2, -0.15) is 18.3 Å². The van der Waals surface area contributed by atoms with Crippen LogP contribution in [0.25, 0.3) is 0 Å². The van der Waals surface area contributed by atoms with E-state index in [4.69, 9.17) is 0 Å². The van der Waals surface area contributed by atoms with Crippen LogP contribution in [0.3, 0.4) is 0 Å². The third kappa shape index (κ3) is 7.21. The Morgan fingerprint density at radius 1 is 1.17 bits per heavy atom. The molecule has 0 aliphatic rings. The molecular formula is C19H28F3N7O. The molecule has 0 aromatic carbocycles. The largest absolute Gasteiger partial charge is 0.417 e. The van der Waals surface area contributed by atoms with Crippen LogP contribution in [0.4, 0.5) is 19.0 Å². The minimum Gasteiger partial charge on any atom is -0.383 e. The normalized spacial score (nSPS) is 14.3. The molecule has 0 aliphatic heterocycles. The first-order valence-electron chi connectivity index (χ1n) is 9.62. The highest BCUT2D eigenvalue weighted by Gasteiger charge is 2.30. The summed E-state index contributed by atoms with van der Waals surface area (Å²) in [6.45, 7) is 5.54. The van der Waals surface area contributed by atoms with E-state index in [0.717, 1.165) is 12.3 Å². The van der Waals surface area contributed by atoms with Crippen molar-refractivity contribution in [3.05, 3.63) is 41.9 Å². The molecule has 0 radical (unpaired) electrons. The van der Waals surface area contributed by atoms with Crippen LogP contribution in [0.2, 0.25) is 0 Å². The third-order valence-corrected chi connectivity index (χ3v) is 4.26. The molecule has 30 heavy (non-hydrogen) atoms. The number of hydrogen-bond donors (Lipinski definition) is 4. The molecule has 0 fully saturated rings. The van der Waals surface area contributed by atoms with Crippen molar-refractivity contribution >= 4 is 11.8 Å². The van der Waals surface area contributed by atoms with Crippen LogP contribution in [-0.4, -0.2) is 52.0 Å². The Hall–Kier alpha value is -2.82. The van der Waals surface area contributed by atoms with Gasteiger partial charge in [-0.3, -0.25) is 4.68 Å². The number of hydrogen-bond acceptors (Lipinski definition) is 5. The molecule has 166 valence electrons. The van der Waals surface area contributed by atoms with E-state index in [2.05, 4.69) is 31.0 Å². The molecular weight excluding hydrogens is 399 g/mol. The van der Waals surface area contributed by atoms with E-state index in [1.54, 1.807) is 31.0 Å². The topological polar surface area (TPSA) is 99.4 Å². The summed E-state index contributed by atoms with van der Waals surface area (Å²) in [5.41, 5.74) is -1.24. The zero-order valence-electron chi connectivity index (χ0n) is 17.3. The molecule has 11 heteroatoms. The van der Waals surface area contributed by atoms with Crippen LogP contribution in [0.1, 0.15) is 31.4 Å². The Kier molecular flexibility index (Phi) is 8.04. The lowest BCUT2D eigenvalue weighted by atomic mass is 10.0. The Balaban J connectivity index is 1.78. The van der Waals surface area contributed by atoms with Gasteiger partial charge in [0.05, 0.1) is 18.3 Å². The predicted octanol–water partition coefficient (Wildman–Crippen LogP) is 2.10. The summed E-state index contributed by atoms with van der Waals surface area (Å²) < 4.78 is 39.2. The summed E-state index contributed by atoms with van der Waals surface area (Å²) in [5, 5.41) is 23.9. The van der Waals surface area contributed by atoms with Gasteiger partial charge in [-0.15, -0.1) is 0 Å². The van der Waals surface area contributed by atoms with Crippen LogP contribution in [-0.2, 0) is 18.8 Å². The van der Waals surface area contributed by atoms with Gasteiger partial charge in [0, 0.05) is 44.6 Å². The first-order valence-corrected chi connectivity index (χ1v) is 9.62. The number of aliphatic hydroxyl groups is 1. The highest BCUT2D eigenvalue weighted by Crippen LogP contribution is 2.28. The van der Waals surface area contributed by atoms with Gasteiger partial charge in [-0.05, 0) is 32.4 Å². The lowest BCUT2D eigenvalue weighted by molar-refractivity contribution is -0.137. The van der Waals surface area contributed by atoms with Crippen LogP contribution in [0, 0.1) is 0 Å². The van der Waals surface area contributed by atoms with Crippen molar-refractivity contribution in [1.82, 2.24) is 25.4 Å². The number of alkyl halides is 3. The Morgan fingerprint density at radius 3 is 2.50 bits per heavy atom. The molecule has 0 amide bonds. The van der Waals surface area contributed by atoms with Crippen molar-refractivity contribution in [1.29, 1.82) is 0 Å². The number of rotatable bonds is 9. The molecule has 2 aromatic heterocycles. The SMILES string of the molecule is CCNC(=NCC(C)(O)c1cnn(C)c1)NCCCNc1ccc(C(F)(F)F)cn1. The molecule has 0 bridgehead atoms. The number of aliphatic imine (C=N–C) groups is 1. The van der Waals surface area contributed by atoms with Gasteiger partial charge < -0.3 is 21.1 Å². The number of aromatic nitrogens is 3. The van der Waals surface area contributed by atoms with Gasteiger partial charge in [0.2, 0.25) is 0 Å². The summed E-state index contributed by atoms with van der Waals surface area (Å²) >= 11 is 0. The smallest absolute Gasteiger partial charge is 0.383 e. The Bertz CT molecular complexity index is 816. The second-order valence-corrected chi connectivity index (χ2v) is 7.01. The van der Waals surface area contributed by atoms with Gasteiger partial charge in [0.25, 0.3) is 0 Å². The van der Waals surface area contributed by atoms with E-state index in [1.165, 1.54) is 6.07 Å². The quantitative estimate of drug-likeness (QED) is 0.278. The molecule has 2 rings (SSSR count). The zero-order chi connectivity index (χ0) is 22.2. The molecule has 1 unspecified atom stereocenters. The maximum atomic E-state index is 12.5. The van der Waals surface area contributed by atoms with Gasteiger partial charge in [-0.1, -0.05) is 0 Å². The Labute approximate surface area is 173 Å². The molecule has 0 aliphatic carbocycles. The molecule has 2 aromatic rings. The van der Waals surface area contributed by atoms with E-state index in [-0.39, 0.29) is 6.54 Å². The van der Waals surface area contributed by atoms with Crippen molar-refractivity contribution in [3.63, 3.8) is 0 Å². The standard InChI is InChI=1S/C19H28F3N7O/c1-4-23-17(27-13-18(2,30)15-11-28-29(3)12-15)25-9-5-8-24-16-7-6-14(10-26-16)19(20,21)22/h6-7,10-12,30H,4-5,8-9,13H2,1-3H3,(H,24,26)(H2,23,25,27). The number of pyridine rings is 1. The molecule has 0 saturated heterocycles. The summed E-state index contributed by atoms with van der Waals surface area (Å²) in [5.74, 6) is 0.949. The van der Waals surface area contributed by atoms with Crippen molar-refractivity contribution in [3.8, 4) is 0 Å². The minimum atomic E-state index is -4.39. The highest BCUT2D eigenvalue weighted by molar-refractivity contribution is 5.79. The van der Waals surface area contributed by atoms with Gasteiger partial charge >= 0.3 is 6.18 Å². The van der Waals surface area contributed by atoms with E-state index in [9.17, 15) is 18.3 Å². The number of guanidine groups is 1. The molecule has 2 heterocycles. The minimum absolute atomic E-state index is 0.155. The molecule has 1 atom stereocenters. The van der Waals surface area contributed by atoms with Crippen molar-refractivity contribution < 1.29 is 18.3 Å². The van der Waals surface area contributed by atoms with E-state index < -0.39 is 17.3 Å². The molecule has 0 saturated carbocycles. The fourth-order valence-electron chi connectivity index (χ4n) is 2.54. The second kappa shape index (κ2) is 10.3. The third-order valence-electron chi connectivity index (χ3n) is 4.26. The molecule has 0 spiro atoms. The molecule has 4 N–H and O–H groups in total. The maximum Gasteiger partial charge on any atom is 0.417 e. The number of anilines is 1. The lowest BCUT2D eigenvalue weighted by Crippen LogP contribution is -2.39. The van der Waals surface area contributed by atoms with E-state index >= 15 is 0 Å². The fraction of sp³-hybridized carbons (Fsp3) is 0.526. The van der Waals surface area contributed by atoms with Gasteiger partial charge in [-0.25, -0.2) is 9.98 Å². The molecule has 8 nitrogen and oxygen atoms in total. The summed E-state index contributed by atoms with van der Waals surface area (Å²) in [7, 11) is 1.78. The first-order chi connectivity index (χ1) is 14.1. The van der Waals surface area contributed by atoms with E-state index in [0.29, 0.717) is 43.4 Å². The number of halogens is 3. The monoisotopic (exact) mass is 427 g/mol. The fourth-order valence-corrected chi connectivity index (χ4v) is 2.54. The summed E-state index contributed by atoms with van der Waals surface area (Å²) in [6.07, 6.45) is 0.462. The average molecular weight is 427 g/mol.